The van der Waals surface area contributed by atoms with E-state index in [-0.39, 0.29) is 19.6 Å². The van der Waals surface area contributed by atoms with Gasteiger partial charge < -0.3 is 15.5 Å². The highest BCUT2D eigenvalue weighted by molar-refractivity contribution is 4.55. The van der Waals surface area contributed by atoms with Gasteiger partial charge in [0.1, 0.15) is 0 Å². The van der Waals surface area contributed by atoms with Crippen LogP contribution in [0.1, 0.15) is 21.3 Å². The molecule has 0 bridgehead atoms. The molecule has 3 nitrogen and oxygen atoms in total. The van der Waals surface area contributed by atoms with Gasteiger partial charge in [0, 0.05) is 13.1 Å². The number of hydrogen-bond donors (Lipinski definition) is 3. The molecule has 0 aromatic rings. The Morgan fingerprint density at radius 1 is 1.10 bits per heavy atom. The van der Waals surface area contributed by atoms with Crippen LogP contribution in [0.5, 0.6) is 0 Å². The van der Waals surface area contributed by atoms with Crippen molar-refractivity contribution in [3.63, 3.8) is 0 Å². The second-order valence-electron chi connectivity index (χ2n) is 2.36. The Morgan fingerprint density at radius 3 is 1.60 bits per heavy atom. The summed E-state index contributed by atoms with van der Waals surface area (Å²) in [6, 6.07) is 0. The average molecular weight is 149 g/mol. The minimum atomic E-state index is -0.330. The van der Waals surface area contributed by atoms with Gasteiger partial charge in [0.15, 0.2) is 0 Å². The maximum atomic E-state index is 8.72. The molecule has 0 rings (SSSR count). The molecular weight excluding hydrogens is 130 g/mol. The van der Waals surface area contributed by atoms with Crippen molar-refractivity contribution in [1.29, 1.82) is 0 Å². The first kappa shape index (κ1) is 12.5. The minimum absolute atomic E-state index is 0. The lowest BCUT2D eigenvalue weighted by Crippen LogP contribution is -2.30. The number of hydrogen-bond acceptors (Lipinski definition) is 3. The maximum Gasteiger partial charge on any atom is 0.0636 e. The SMILES string of the molecule is C.CC(O)CNCC(C)O. The van der Waals surface area contributed by atoms with Crippen LogP contribution in [0.25, 0.3) is 0 Å². The molecule has 0 amide bonds. The van der Waals surface area contributed by atoms with Gasteiger partial charge in [-0.25, -0.2) is 0 Å². The Bertz CT molecular complexity index is 56.6. The van der Waals surface area contributed by atoms with Gasteiger partial charge in [-0.2, -0.15) is 0 Å². The summed E-state index contributed by atoms with van der Waals surface area (Å²) in [7, 11) is 0. The molecule has 0 aliphatic rings. The fourth-order valence-electron chi connectivity index (χ4n) is 0.501. The third kappa shape index (κ3) is 10.8. The van der Waals surface area contributed by atoms with Crippen LogP contribution in [-0.4, -0.2) is 35.5 Å². The molecule has 0 saturated carbocycles. The van der Waals surface area contributed by atoms with Gasteiger partial charge in [-0.15, -0.1) is 0 Å². The average Bonchev–Trinajstić information content (AvgIpc) is 1.63. The molecule has 0 radical (unpaired) electrons. The predicted molar refractivity (Wildman–Crippen MR) is 43.0 cm³/mol. The molecule has 2 atom stereocenters. The number of aliphatic hydroxyl groups is 2. The number of rotatable bonds is 4. The predicted octanol–water partition coefficient (Wildman–Crippen LogP) is -0.0263. The van der Waals surface area contributed by atoms with E-state index in [9.17, 15) is 0 Å². The minimum Gasteiger partial charge on any atom is -0.392 e. The van der Waals surface area contributed by atoms with Crippen molar-refractivity contribution in [1.82, 2.24) is 5.32 Å². The van der Waals surface area contributed by atoms with Crippen LogP contribution < -0.4 is 5.32 Å². The zero-order chi connectivity index (χ0) is 7.28. The fourth-order valence-corrected chi connectivity index (χ4v) is 0.501. The van der Waals surface area contributed by atoms with E-state index in [2.05, 4.69) is 5.32 Å². The molecule has 0 aromatic carbocycles. The second-order valence-corrected chi connectivity index (χ2v) is 2.36. The molecule has 10 heavy (non-hydrogen) atoms. The Labute approximate surface area is 63.1 Å². The van der Waals surface area contributed by atoms with Crippen molar-refractivity contribution in [2.75, 3.05) is 13.1 Å². The van der Waals surface area contributed by atoms with Crippen molar-refractivity contribution in [2.45, 2.75) is 33.5 Å². The van der Waals surface area contributed by atoms with Crippen LogP contribution in [0, 0.1) is 0 Å². The molecule has 3 N–H and O–H groups in total. The van der Waals surface area contributed by atoms with Crippen LogP contribution in [0.4, 0.5) is 0 Å². The smallest absolute Gasteiger partial charge is 0.0636 e. The monoisotopic (exact) mass is 149 g/mol. The van der Waals surface area contributed by atoms with Gasteiger partial charge in [0.05, 0.1) is 12.2 Å². The van der Waals surface area contributed by atoms with Crippen LogP contribution in [-0.2, 0) is 0 Å². The van der Waals surface area contributed by atoms with Crippen LogP contribution in [0.2, 0.25) is 0 Å². The fraction of sp³-hybridized carbons (Fsp3) is 1.00. The summed E-state index contributed by atoms with van der Waals surface area (Å²) in [6.07, 6.45) is -0.660. The summed E-state index contributed by atoms with van der Waals surface area (Å²) in [5.74, 6) is 0. The summed E-state index contributed by atoms with van der Waals surface area (Å²) in [5, 5.41) is 20.3. The van der Waals surface area contributed by atoms with Gasteiger partial charge in [0.2, 0.25) is 0 Å². The highest BCUT2D eigenvalue weighted by atomic mass is 16.3. The third-order valence-electron chi connectivity index (χ3n) is 0.879. The Kier molecular flexibility index (Phi) is 8.77. The molecule has 2 unspecified atom stereocenters. The van der Waals surface area contributed by atoms with Crippen molar-refractivity contribution in [2.24, 2.45) is 0 Å². The van der Waals surface area contributed by atoms with E-state index in [0.717, 1.165) is 0 Å². The van der Waals surface area contributed by atoms with Gasteiger partial charge in [-0.3, -0.25) is 0 Å². The van der Waals surface area contributed by atoms with E-state index in [0.29, 0.717) is 13.1 Å². The van der Waals surface area contributed by atoms with E-state index in [4.69, 9.17) is 10.2 Å². The highest BCUT2D eigenvalue weighted by Gasteiger charge is 1.96. The molecule has 0 spiro atoms. The topological polar surface area (TPSA) is 52.5 Å². The van der Waals surface area contributed by atoms with Crippen LogP contribution in [0.15, 0.2) is 0 Å². The normalized spacial score (nSPS) is 15.6. The molecule has 3 heteroatoms. The summed E-state index contributed by atoms with van der Waals surface area (Å²) in [5.41, 5.74) is 0. The van der Waals surface area contributed by atoms with Crippen molar-refractivity contribution in [3.05, 3.63) is 0 Å². The Balaban J connectivity index is 0. The van der Waals surface area contributed by atoms with E-state index >= 15 is 0 Å². The van der Waals surface area contributed by atoms with Crippen LogP contribution >= 0.6 is 0 Å². The number of nitrogens with one attached hydrogen (secondary N) is 1. The number of aliphatic hydroxyl groups excluding tert-OH is 2. The lowest BCUT2D eigenvalue weighted by Gasteiger charge is -2.07. The first-order valence-electron chi connectivity index (χ1n) is 3.19. The molecule has 0 saturated heterocycles. The van der Waals surface area contributed by atoms with Crippen molar-refractivity contribution < 1.29 is 10.2 Å². The largest absolute Gasteiger partial charge is 0.392 e. The standard InChI is InChI=1S/C6H15NO2.CH4/c1-5(8)3-7-4-6(2)9;/h5-9H,3-4H2,1-2H3;1H4. The highest BCUT2D eigenvalue weighted by Crippen LogP contribution is 1.77. The van der Waals surface area contributed by atoms with Gasteiger partial charge in [-0.05, 0) is 13.8 Å². The molecular formula is C7H19NO2. The summed E-state index contributed by atoms with van der Waals surface area (Å²) in [6.45, 7) is 4.50. The second kappa shape index (κ2) is 6.99. The summed E-state index contributed by atoms with van der Waals surface area (Å²) >= 11 is 0. The van der Waals surface area contributed by atoms with Gasteiger partial charge >= 0.3 is 0 Å². The van der Waals surface area contributed by atoms with Crippen molar-refractivity contribution in [3.8, 4) is 0 Å². The first-order valence-corrected chi connectivity index (χ1v) is 3.19. The Morgan fingerprint density at radius 2 is 1.40 bits per heavy atom. The first-order chi connectivity index (χ1) is 4.13. The molecule has 0 aliphatic heterocycles. The lowest BCUT2D eigenvalue weighted by molar-refractivity contribution is 0.164. The van der Waals surface area contributed by atoms with Crippen LogP contribution in [0.3, 0.4) is 0 Å². The zero-order valence-electron chi connectivity index (χ0n) is 5.96. The summed E-state index contributed by atoms with van der Waals surface area (Å²) < 4.78 is 0. The van der Waals surface area contributed by atoms with E-state index in [1.165, 1.54) is 0 Å². The lowest BCUT2D eigenvalue weighted by atomic mass is 10.3. The molecule has 0 aliphatic carbocycles. The molecule has 0 heterocycles. The third-order valence-corrected chi connectivity index (χ3v) is 0.879. The van der Waals surface area contributed by atoms with E-state index in [1.54, 1.807) is 13.8 Å². The summed E-state index contributed by atoms with van der Waals surface area (Å²) in [4.78, 5) is 0. The van der Waals surface area contributed by atoms with E-state index in [1.807, 2.05) is 0 Å². The maximum absolute atomic E-state index is 8.72. The van der Waals surface area contributed by atoms with Gasteiger partial charge in [-0.1, -0.05) is 7.43 Å². The quantitative estimate of drug-likeness (QED) is 0.526. The Hall–Kier alpha value is -0.120. The zero-order valence-corrected chi connectivity index (χ0v) is 5.96. The molecule has 64 valence electrons. The van der Waals surface area contributed by atoms with E-state index < -0.39 is 0 Å². The molecule has 0 fully saturated rings. The molecule has 0 aromatic heterocycles. The van der Waals surface area contributed by atoms with Gasteiger partial charge in [0.25, 0.3) is 0 Å². The van der Waals surface area contributed by atoms with Crippen molar-refractivity contribution >= 4 is 0 Å².